The Morgan fingerprint density at radius 3 is 2.53 bits per heavy atom. The van der Waals surface area contributed by atoms with Gasteiger partial charge < -0.3 is 25.8 Å². The van der Waals surface area contributed by atoms with Crippen LogP contribution in [-0.4, -0.2) is 21.7 Å². The van der Waals surface area contributed by atoms with Gasteiger partial charge in [0.2, 0.25) is 6.79 Å². The van der Waals surface area contributed by atoms with Crippen molar-refractivity contribution in [2.45, 2.75) is 18.5 Å². The summed E-state index contributed by atoms with van der Waals surface area (Å²) in [6.07, 6.45) is 2.03. The third-order valence-electron chi connectivity index (χ3n) is 5.28. The zero-order chi connectivity index (χ0) is 20.7. The number of rotatable bonds is 3. The average Bonchev–Trinajstić information content (AvgIpc) is 3.13. The third kappa shape index (κ3) is 3.17. The summed E-state index contributed by atoms with van der Waals surface area (Å²) in [4.78, 5) is 19.0. The molecule has 4 N–H and O–H groups in total. The highest BCUT2D eigenvalue weighted by Crippen LogP contribution is 2.42. The Labute approximate surface area is 171 Å². The summed E-state index contributed by atoms with van der Waals surface area (Å²) in [6, 6.07) is 12.0. The number of nitrogens with one attached hydrogen (secondary N) is 2. The van der Waals surface area contributed by atoms with Crippen LogP contribution in [0.2, 0.25) is 0 Å². The summed E-state index contributed by atoms with van der Waals surface area (Å²) >= 11 is 0. The minimum Gasteiger partial charge on any atom is -0.454 e. The number of non-ortho nitro benzene ring substituents is 1. The molecular weight excluding hydrogens is 388 g/mol. The second-order valence-electron chi connectivity index (χ2n) is 7.07. The summed E-state index contributed by atoms with van der Waals surface area (Å²) in [5.74, 6) is 2.31. The van der Waals surface area contributed by atoms with Gasteiger partial charge in [0.25, 0.3) is 5.69 Å². The third-order valence-corrected chi connectivity index (χ3v) is 5.28. The lowest BCUT2D eigenvalue weighted by molar-refractivity contribution is -0.384. The van der Waals surface area contributed by atoms with Gasteiger partial charge in [-0.2, -0.15) is 0 Å². The fourth-order valence-electron chi connectivity index (χ4n) is 3.74. The van der Waals surface area contributed by atoms with Gasteiger partial charge in [-0.3, -0.25) is 10.1 Å². The van der Waals surface area contributed by atoms with Crippen molar-refractivity contribution in [2.75, 3.05) is 23.2 Å². The van der Waals surface area contributed by atoms with Crippen molar-refractivity contribution in [2.24, 2.45) is 0 Å². The lowest BCUT2D eigenvalue weighted by Crippen LogP contribution is -2.15. The number of ether oxygens (including phenoxy) is 2. The van der Waals surface area contributed by atoms with Crippen LogP contribution in [0.15, 0.2) is 48.8 Å². The molecule has 0 aliphatic carbocycles. The Balaban J connectivity index is 1.54. The number of aromatic nitrogens is 2. The molecule has 0 fully saturated rings. The number of fused-ring (bicyclic) bond motifs is 2. The van der Waals surface area contributed by atoms with Crippen molar-refractivity contribution in [1.29, 1.82) is 0 Å². The molecular formula is C20H18N6O4. The molecule has 2 aliphatic rings. The zero-order valence-electron chi connectivity index (χ0n) is 15.7. The molecule has 0 amide bonds. The van der Waals surface area contributed by atoms with Gasteiger partial charge in [0.15, 0.2) is 23.1 Å². The predicted molar refractivity (Wildman–Crippen MR) is 109 cm³/mol. The molecule has 2 atom stereocenters. The van der Waals surface area contributed by atoms with Crippen LogP contribution in [0.3, 0.4) is 0 Å². The van der Waals surface area contributed by atoms with E-state index in [4.69, 9.17) is 15.2 Å². The highest BCUT2D eigenvalue weighted by molar-refractivity contribution is 5.77. The summed E-state index contributed by atoms with van der Waals surface area (Å²) in [6.45, 7) is 0.202. The molecule has 1 aromatic heterocycles. The summed E-state index contributed by atoms with van der Waals surface area (Å²) < 4.78 is 10.9. The molecule has 0 bridgehead atoms. The molecule has 0 saturated heterocycles. The first-order valence-corrected chi connectivity index (χ1v) is 9.36. The number of nitrogens with two attached hydrogens (primary N) is 1. The van der Waals surface area contributed by atoms with Gasteiger partial charge in [0.1, 0.15) is 12.0 Å². The second-order valence-corrected chi connectivity index (χ2v) is 7.07. The van der Waals surface area contributed by atoms with E-state index >= 15 is 0 Å². The molecule has 152 valence electrons. The van der Waals surface area contributed by atoms with Crippen LogP contribution in [0, 0.1) is 10.1 Å². The van der Waals surface area contributed by atoms with Crippen LogP contribution < -0.4 is 25.8 Å². The first-order valence-electron chi connectivity index (χ1n) is 9.36. The first kappa shape index (κ1) is 18.0. The second kappa shape index (κ2) is 7.07. The summed E-state index contributed by atoms with van der Waals surface area (Å²) in [5.41, 5.74) is 8.66. The quantitative estimate of drug-likeness (QED) is 0.441. The fourth-order valence-corrected chi connectivity index (χ4v) is 3.74. The van der Waals surface area contributed by atoms with Crippen molar-refractivity contribution < 1.29 is 14.4 Å². The van der Waals surface area contributed by atoms with Crippen LogP contribution >= 0.6 is 0 Å². The van der Waals surface area contributed by atoms with E-state index in [1.165, 1.54) is 18.5 Å². The molecule has 3 aromatic rings. The van der Waals surface area contributed by atoms with Gasteiger partial charge >= 0.3 is 0 Å². The predicted octanol–water partition coefficient (Wildman–Crippen LogP) is 3.41. The molecule has 10 nitrogen and oxygen atoms in total. The maximum absolute atomic E-state index is 11.0. The largest absolute Gasteiger partial charge is 0.454 e. The standard InChI is InChI=1S/C20H18N6O4/c21-19-18-20(23-9-22-19)25-14(11-1-4-13(5-2-11)26(27)28)8-15(24-18)12-3-6-16-17(7-12)30-10-29-16/h1-7,9,14-15,24H,8,10H2,(H3,21,22,23,25). The van der Waals surface area contributed by atoms with Gasteiger partial charge in [-0.15, -0.1) is 0 Å². The van der Waals surface area contributed by atoms with Crippen molar-refractivity contribution in [1.82, 2.24) is 9.97 Å². The monoisotopic (exact) mass is 406 g/mol. The van der Waals surface area contributed by atoms with Crippen molar-refractivity contribution in [3.05, 3.63) is 70.0 Å². The SMILES string of the molecule is Nc1ncnc2c1NC(c1ccc3c(c1)OCO3)CC(c1ccc([N+](=O)[O-])cc1)N2. The molecule has 2 aliphatic heterocycles. The number of hydrogen-bond acceptors (Lipinski definition) is 9. The van der Waals surface area contributed by atoms with Gasteiger partial charge in [-0.05, 0) is 29.7 Å². The van der Waals surface area contributed by atoms with E-state index in [2.05, 4.69) is 20.6 Å². The Hall–Kier alpha value is -4.08. The van der Waals surface area contributed by atoms with Gasteiger partial charge in [-0.25, -0.2) is 9.97 Å². The van der Waals surface area contributed by atoms with Gasteiger partial charge in [-0.1, -0.05) is 18.2 Å². The highest BCUT2D eigenvalue weighted by atomic mass is 16.7. The van der Waals surface area contributed by atoms with Crippen molar-refractivity contribution >= 4 is 23.0 Å². The van der Waals surface area contributed by atoms with E-state index < -0.39 is 4.92 Å². The molecule has 10 heteroatoms. The van der Waals surface area contributed by atoms with Crippen LogP contribution in [0.25, 0.3) is 0 Å². The number of hydrogen-bond donors (Lipinski definition) is 3. The number of nitro groups is 1. The zero-order valence-corrected chi connectivity index (χ0v) is 15.7. The van der Waals surface area contributed by atoms with E-state index in [9.17, 15) is 10.1 Å². The summed E-state index contributed by atoms with van der Waals surface area (Å²) in [5, 5.41) is 17.8. The van der Waals surface area contributed by atoms with Crippen LogP contribution in [0.4, 0.5) is 23.0 Å². The average molecular weight is 406 g/mol. The van der Waals surface area contributed by atoms with Crippen LogP contribution in [0.1, 0.15) is 29.6 Å². The smallest absolute Gasteiger partial charge is 0.269 e. The minimum absolute atomic E-state index is 0.0461. The molecule has 2 aromatic carbocycles. The van der Waals surface area contributed by atoms with E-state index in [0.29, 0.717) is 35.2 Å². The number of nitrogen functional groups attached to an aromatic ring is 1. The van der Waals surface area contributed by atoms with E-state index in [1.807, 2.05) is 18.2 Å². The molecule has 0 radical (unpaired) electrons. The van der Waals surface area contributed by atoms with Crippen LogP contribution in [0.5, 0.6) is 11.5 Å². The van der Waals surface area contributed by atoms with E-state index in [-0.39, 0.29) is 24.6 Å². The number of anilines is 3. The molecule has 3 heterocycles. The van der Waals surface area contributed by atoms with E-state index in [0.717, 1.165) is 11.1 Å². The van der Waals surface area contributed by atoms with Crippen molar-refractivity contribution in [3.8, 4) is 11.5 Å². The molecule has 2 unspecified atom stereocenters. The van der Waals surface area contributed by atoms with Gasteiger partial charge in [0.05, 0.1) is 17.0 Å². The summed E-state index contributed by atoms with van der Waals surface area (Å²) in [7, 11) is 0. The maximum atomic E-state index is 11.0. The van der Waals surface area contributed by atoms with E-state index in [1.54, 1.807) is 12.1 Å². The lowest BCUT2D eigenvalue weighted by atomic mass is 9.95. The highest BCUT2D eigenvalue weighted by Gasteiger charge is 2.28. The number of benzene rings is 2. The number of nitrogens with zero attached hydrogens (tertiary/aromatic N) is 3. The fraction of sp³-hybridized carbons (Fsp3) is 0.200. The van der Waals surface area contributed by atoms with Crippen LogP contribution in [-0.2, 0) is 0 Å². The molecule has 0 saturated carbocycles. The number of nitro benzene ring substituents is 1. The lowest BCUT2D eigenvalue weighted by Gasteiger charge is -2.22. The Morgan fingerprint density at radius 2 is 1.73 bits per heavy atom. The molecule has 5 rings (SSSR count). The Kier molecular flexibility index (Phi) is 4.24. The van der Waals surface area contributed by atoms with Crippen molar-refractivity contribution in [3.63, 3.8) is 0 Å². The normalized spacial score (nSPS) is 19.2. The minimum atomic E-state index is -0.412. The Bertz CT molecular complexity index is 1120. The maximum Gasteiger partial charge on any atom is 0.269 e. The first-order chi connectivity index (χ1) is 14.6. The molecule has 0 spiro atoms. The molecule has 30 heavy (non-hydrogen) atoms. The Morgan fingerprint density at radius 1 is 1.00 bits per heavy atom. The van der Waals surface area contributed by atoms with Gasteiger partial charge in [0, 0.05) is 12.1 Å². The topological polar surface area (TPSA) is 137 Å².